The lowest BCUT2D eigenvalue weighted by Crippen LogP contribution is -2.39. The van der Waals surface area contributed by atoms with E-state index >= 15 is 0 Å². The van der Waals surface area contributed by atoms with E-state index in [1.807, 2.05) is 0 Å². The average molecular weight is 268 g/mol. The molecule has 1 heteroatoms. The molecule has 0 aliphatic carbocycles. The molecule has 0 saturated carbocycles. The van der Waals surface area contributed by atoms with Crippen molar-refractivity contribution in [1.29, 1.82) is 0 Å². The van der Waals surface area contributed by atoms with E-state index in [1.165, 1.54) is 96.6 Å². The van der Waals surface area contributed by atoms with Gasteiger partial charge in [0.1, 0.15) is 0 Å². The third kappa shape index (κ3) is 7.97. The standard InChI is InChI=1S/C18H37N/c1-3-5-7-8-11-15-18(14-10-6-4-2)19-16-12-9-13-17-19/h18H,3-17H2,1-2H3. The van der Waals surface area contributed by atoms with Gasteiger partial charge in [0.15, 0.2) is 0 Å². The van der Waals surface area contributed by atoms with Crippen molar-refractivity contribution >= 4 is 0 Å². The average Bonchev–Trinajstić information content (AvgIpc) is 2.46. The van der Waals surface area contributed by atoms with Gasteiger partial charge in [-0.2, -0.15) is 0 Å². The first-order valence-corrected chi connectivity index (χ1v) is 9.12. The fourth-order valence-electron chi connectivity index (χ4n) is 3.41. The lowest BCUT2D eigenvalue weighted by atomic mass is 9.97. The minimum absolute atomic E-state index is 0.911. The molecule has 0 aromatic heterocycles. The van der Waals surface area contributed by atoms with Crippen molar-refractivity contribution in [2.45, 2.75) is 103 Å². The van der Waals surface area contributed by atoms with Crippen LogP contribution >= 0.6 is 0 Å². The Morgan fingerprint density at radius 3 is 1.84 bits per heavy atom. The molecule has 114 valence electrons. The molecule has 1 atom stereocenters. The minimum Gasteiger partial charge on any atom is -0.300 e. The quantitative estimate of drug-likeness (QED) is 0.429. The fourth-order valence-corrected chi connectivity index (χ4v) is 3.41. The summed E-state index contributed by atoms with van der Waals surface area (Å²) in [5.74, 6) is 0. The van der Waals surface area contributed by atoms with Crippen LogP contribution in [0.3, 0.4) is 0 Å². The molecule has 1 aliphatic rings. The van der Waals surface area contributed by atoms with Crippen LogP contribution < -0.4 is 0 Å². The molecule has 1 heterocycles. The molecule has 1 saturated heterocycles. The van der Waals surface area contributed by atoms with E-state index in [2.05, 4.69) is 18.7 Å². The van der Waals surface area contributed by atoms with Gasteiger partial charge >= 0.3 is 0 Å². The van der Waals surface area contributed by atoms with Gasteiger partial charge in [-0.05, 0) is 38.8 Å². The monoisotopic (exact) mass is 267 g/mol. The zero-order valence-corrected chi connectivity index (χ0v) is 13.6. The first kappa shape index (κ1) is 17.0. The summed E-state index contributed by atoms with van der Waals surface area (Å²) in [5, 5.41) is 0. The lowest BCUT2D eigenvalue weighted by molar-refractivity contribution is 0.142. The summed E-state index contributed by atoms with van der Waals surface area (Å²) in [6.45, 7) is 7.39. The van der Waals surface area contributed by atoms with Crippen molar-refractivity contribution in [2.75, 3.05) is 13.1 Å². The van der Waals surface area contributed by atoms with E-state index in [-0.39, 0.29) is 0 Å². The van der Waals surface area contributed by atoms with Gasteiger partial charge in [0.2, 0.25) is 0 Å². The Bertz CT molecular complexity index is 184. The summed E-state index contributed by atoms with van der Waals surface area (Å²) >= 11 is 0. The predicted molar refractivity (Wildman–Crippen MR) is 86.7 cm³/mol. The number of rotatable bonds is 11. The molecule has 19 heavy (non-hydrogen) atoms. The second kappa shape index (κ2) is 11.8. The first-order valence-electron chi connectivity index (χ1n) is 9.12. The number of likely N-dealkylation sites (tertiary alicyclic amines) is 1. The van der Waals surface area contributed by atoms with Gasteiger partial charge in [-0.25, -0.2) is 0 Å². The number of piperidine rings is 1. The van der Waals surface area contributed by atoms with Crippen molar-refractivity contribution in [3.8, 4) is 0 Å². The Kier molecular flexibility index (Phi) is 10.5. The molecule has 0 spiro atoms. The van der Waals surface area contributed by atoms with Gasteiger partial charge in [0, 0.05) is 6.04 Å². The van der Waals surface area contributed by atoms with Gasteiger partial charge in [-0.3, -0.25) is 0 Å². The summed E-state index contributed by atoms with van der Waals surface area (Å²) < 4.78 is 0. The smallest absolute Gasteiger partial charge is 0.00952 e. The topological polar surface area (TPSA) is 3.24 Å². The Labute approximate surface area is 122 Å². The molecular weight excluding hydrogens is 230 g/mol. The zero-order chi connectivity index (χ0) is 13.8. The van der Waals surface area contributed by atoms with Crippen molar-refractivity contribution in [3.05, 3.63) is 0 Å². The fraction of sp³-hybridized carbons (Fsp3) is 1.00. The minimum atomic E-state index is 0.911. The molecule has 0 N–H and O–H groups in total. The van der Waals surface area contributed by atoms with Crippen molar-refractivity contribution in [2.24, 2.45) is 0 Å². The number of unbranched alkanes of at least 4 members (excludes halogenated alkanes) is 6. The van der Waals surface area contributed by atoms with Crippen LogP contribution in [-0.2, 0) is 0 Å². The zero-order valence-electron chi connectivity index (χ0n) is 13.6. The van der Waals surface area contributed by atoms with Crippen LogP contribution in [0.25, 0.3) is 0 Å². The Hall–Kier alpha value is -0.0400. The molecule has 0 aromatic rings. The predicted octanol–water partition coefficient (Wildman–Crippen LogP) is 5.78. The van der Waals surface area contributed by atoms with E-state index in [1.54, 1.807) is 0 Å². The molecule has 0 aromatic carbocycles. The summed E-state index contributed by atoms with van der Waals surface area (Å²) in [4.78, 5) is 2.82. The lowest BCUT2D eigenvalue weighted by Gasteiger charge is -2.35. The number of hydrogen-bond donors (Lipinski definition) is 0. The highest BCUT2D eigenvalue weighted by Crippen LogP contribution is 2.21. The van der Waals surface area contributed by atoms with E-state index in [9.17, 15) is 0 Å². The molecule has 1 fully saturated rings. The molecule has 0 amide bonds. The van der Waals surface area contributed by atoms with Gasteiger partial charge in [0.25, 0.3) is 0 Å². The van der Waals surface area contributed by atoms with E-state index in [0.29, 0.717) is 0 Å². The Morgan fingerprint density at radius 1 is 0.684 bits per heavy atom. The maximum absolute atomic E-state index is 2.82. The van der Waals surface area contributed by atoms with Crippen LogP contribution in [0.1, 0.15) is 97.3 Å². The van der Waals surface area contributed by atoms with Crippen LogP contribution in [0.15, 0.2) is 0 Å². The number of nitrogens with zero attached hydrogens (tertiary/aromatic N) is 1. The highest BCUT2D eigenvalue weighted by atomic mass is 15.2. The Morgan fingerprint density at radius 2 is 1.21 bits per heavy atom. The number of hydrogen-bond acceptors (Lipinski definition) is 1. The summed E-state index contributed by atoms with van der Waals surface area (Å²) in [7, 11) is 0. The van der Waals surface area contributed by atoms with Crippen LogP contribution in [0.5, 0.6) is 0 Å². The van der Waals surface area contributed by atoms with Crippen molar-refractivity contribution < 1.29 is 0 Å². The largest absolute Gasteiger partial charge is 0.300 e. The first-order chi connectivity index (χ1) is 9.38. The third-order valence-electron chi connectivity index (χ3n) is 4.69. The van der Waals surface area contributed by atoms with E-state index in [4.69, 9.17) is 0 Å². The van der Waals surface area contributed by atoms with Crippen LogP contribution in [0, 0.1) is 0 Å². The Balaban J connectivity index is 2.22. The van der Waals surface area contributed by atoms with Gasteiger partial charge in [0.05, 0.1) is 0 Å². The van der Waals surface area contributed by atoms with Gasteiger partial charge in [-0.1, -0.05) is 71.6 Å². The maximum Gasteiger partial charge on any atom is 0.00952 e. The molecule has 0 radical (unpaired) electrons. The molecule has 1 aliphatic heterocycles. The van der Waals surface area contributed by atoms with Gasteiger partial charge < -0.3 is 4.90 Å². The van der Waals surface area contributed by atoms with Crippen LogP contribution in [0.2, 0.25) is 0 Å². The second-order valence-corrected chi connectivity index (χ2v) is 6.45. The third-order valence-corrected chi connectivity index (χ3v) is 4.69. The molecule has 0 bridgehead atoms. The SMILES string of the molecule is CCCCCCCC(CCCCC)N1CCCCC1. The summed E-state index contributed by atoms with van der Waals surface area (Å²) in [6.07, 6.45) is 18.7. The van der Waals surface area contributed by atoms with Crippen LogP contribution in [0.4, 0.5) is 0 Å². The highest BCUT2D eigenvalue weighted by Gasteiger charge is 2.19. The normalized spacial score (nSPS) is 18.6. The summed E-state index contributed by atoms with van der Waals surface area (Å²) in [5.41, 5.74) is 0. The summed E-state index contributed by atoms with van der Waals surface area (Å²) in [6, 6.07) is 0.911. The van der Waals surface area contributed by atoms with Gasteiger partial charge in [-0.15, -0.1) is 0 Å². The van der Waals surface area contributed by atoms with Crippen molar-refractivity contribution in [1.82, 2.24) is 4.90 Å². The highest BCUT2D eigenvalue weighted by molar-refractivity contribution is 4.75. The second-order valence-electron chi connectivity index (χ2n) is 6.45. The molecule has 1 rings (SSSR count). The molecule has 1 nitrogen and oxygen atoms in total. The van der Waals surface area contributed by atoms with Crippen LogP contribution in [-0.4, -0.2) is 24.0 Å². The molecule has 1 unspecified atom stereocenters. The van der Waals surface area contributed by atoms with E-state index < -0.39 is 0 Å². The molecular formula is C18H37N. The van der Waals surface area contributed by atoms with Crippen molar-refractivity contribution in [3.63, 3.8) is 0 Å². The van der Waals surface area contributed by atoms with E-state index in [0.717, 1.165) is 6.04 Å². The maximum atomic E-state index is 2.82.